The van der Waals surface area contributed by atoms with Crippen LogP contribution < -0.4 is 10.1 Å². The summed E-state index contributed by atoms with van der Waals surface area (Å²) in [4.78, 5) is 37.4. The van der Waals surface area contributed by atoms with Crippen LogP contribution in [0.2, 0.25) is 0 Å². The third kappa shape index (κ3) is 4.59. The first-order valence-corrected chi connectivity index (χ1v) is 10.1. The van der Waals surface area contributed by atoms with Crippen molar-refractivity contribution in [1.82, 2.24) is 4.90 Å². The van der Waals surface area contributed by atoms with Crippen LogP contribution in [0.15, 0.2) is 72.8 Å². The number of amides is 2. The third-order valence-corrected chi connectivity index (χ3v) is 5.20. The maximum absolute atomic E-state index is 12.8. The summed E-state index contributed by atoms with van der Waals surface area (Å²) >= 11 is 0. The summed E-state index contributed by atoms with van der Waals surface area (Å²) in [5, 5.41) is 13.6. The van der Waals surface area contributed by atoms with Crippen LogP contribution in [0.4, 0.5) is 11.4 Å². The molecule has 162 valence electrons. The van der Waals surface area contributed by atoms with E-state index >= 15 is 0 Å². The molecule has 1 aliphatic heterocycles. The molecule has 1 heterocycles. The van der Waals surface area contributed by atoms with Crippen molar-refractivity contribution in [3.8, 4) is 5.75 Å². The van der Waals surface area contributed by atoms with Gasteiger partial charge in [-0.3, -0.25) is 19.7 Å². The molecule has 32 heavy (non-hydrogen) atoms. The van der Waals surface area contributed by atoms with Gasteiger partial charge in [0.2, 0.25) is 0 Å². The van der Waals surface area contributed by atoms with Gasteiger partial charge in [0, 0.05) is 42.0 Å². The standard InChI is InChI=1S/C24H21N3O5/c1-16-24(29)26(14-17-5-3-2-4-6-17)15-19-13-20(9-12-22(19)32-16)25-23(28)18-7-10-21(11-8-18)27(30)31/h2-13,16H,14-15H2,1H3,(H,25,28). The Kier molecular flexibility index (Phi) is 5.85. The summed E-state index contributed by atoms with van der Waals surface area (Å²) in [6.07, 6.45) is -0.625. The van der Waals surface area contributed by atoms with Gasteiger partial charge in [-0.2, -0.15) is 0 Å². The van der Waals surface area contributed by atoms with E-state index in [2.05, 4.69) is 5.32 Å². The number of anilines is 1. The molecule has 4 rings (SSSR count). The van der Waals surface area contributed by atoms with Crippen molar-refractivity contribution in [2.75, 3.05) is 5.32 Å². The van der Waals surface area contributed by atoms with E-state index in [9.17, 15) is 19.7 Å². The minimum atomic E-state index is -0.625. The Bertz CT molecular complexity index is 1160. The molecule has 8 nitrogen and oxygen atoms in total. The molecule has 1 atom stereocenters. The number of hydrogen-bond acceptors (Lipinski definition) is 5. The number of carbonyl (C=O) groups is 2. The number of carbonyl (C=O) groups excluding carboxylic acids is 2. The number of hydrogen-bond donors (Lipinski definition) is 1. The fourth-order valence-electron chi connectivity index (χ4n) is 3.55. The number of fused-ring (bicyclic) bond motifs is 1. The highest BCUT2D eigenvalue weighted by atomic mass is 16.6. The molecule has 0 bridgehead atoms. The van der Waals surface area contributed by atoms with E-state index in [1.807, 2.05) is 30.3 Å². The maximum atomic E-state index is 12.8. The molecule has 1 aliphatic rings. The van der Waals surface area contributed by atoms with E-state index in [0.717, 1.165) is 11.1 Å². The highest BCUT2D eigenvalue weighted by molar-refractivity contribution is 6.04. The Labute approximate surface area is 184 Å². The van der Waals surface area contributed by atoms with Crippen molar-refractivity contribution >= 4 is 23.2 Å². The summed E-state index contributed by atoms with van der Waals surface area (Å²) in [6, 6.07) is 20.3. The summed E-state index contributed by atoms with van der Waals surface area (Å²) in [5.74, 6) is 0.0937. The number of rotatable bonds is 5. The quantitative estimate of drug-likeness (QED) is 0.483. The molecular formula is C24H21N3O5. The summed E-state index contributed by atoms with van der Waals surface area (Å²) in [5.41, 5.74) is 2.55. The van der Waals surface area contributed by atoms with Crippen LogP contribution in [-0.2, 0) is 17.9 Å². The maximum Gasteiger partial charge on any atom is 0.269 e. The number of benzene rings is 3. The SMILES string of the molecule is CC1Oc2ccc(NC(=O)c3ccc([N+](=O)[O-])cc3)cc2CN(Cc2ccccc2)C1=O. The van der Waals surface area contributed by atoms with Gasteiger partial charge >= 0.3 is 0 Å². The molecule has 1 unspecified atom stereocenters. The van der Waals surface area contributed by atoms with Gasteiger partial charge in [-0.1, -0.05) is 30.3 Å². The van der Waals surface area contributed by atoms with E-state index < -0.39 is 11.0 Å². The molecule has 0 spiro atoms. The Balaban J connectivity index is 1.54. The fraction of sp³-hybridized carbons (Fsp3) is 0.167. The number of nitro groups is 1. The highest BCUT2D eigenvalue weighted by Gasteiger charge is 2.28. The Hall–Kier alpha value is -4.20. The zero-order valence-corrected chi connectivity index (χ0v) is 17.4. The zero-order chi connectivity index (χ0) is 22.7. The molecule has 8 heteroatoms. The summed E-state index contributed by atoms with van der Waals surface area (Å²) < 4.78 is 5.85. The van der Waals surface area contributed by atoms with Crippen LogP contribution in [0.3, 0.4) is 0 Å². The Morgan fingerprint density at radius 2 is 1.84 bits per heavy atom. The lowest BCUT2D eigenvalue weighted by Crippen LogP contribution is -2.37. The van der Waals surface area contributed by atoms with Crippen molar-refractivity contribution in [2.24, 2.45) is 0 Å². The third-order valence-electron chi connectivity index (χ3n) is 5.20. The van der Waals surface area contributed by atoms with E-state index in [0.29, 0.717) is 30.1 Å². The normalized spacial score (nSPS) is 15.3. The Morgan fingerprint density at radius 1 is 1.12 bits per heavy atom. The van der Waals surface area contributed by atoms with Gasteiger partial charge in [0.1, 0.15) is 5.75 Å². The van der Waals surface area contributed by atoms with E-state index in [4.69, 9.17) is 4.74 Å². The number of nitrogens with one attached hydrogen (secondary N) is 1. The van der Waals surface area contributed by atoms with E-state index in [1.54, 1.807) is 30.0 Å². The van der Waals surface area contributed by atoms with Crippen LogP contribution in [0.5, 0.6) is 5.75 Å². The van der Waals surface area contributed by atoms with Crippen LogP contribution in [0, 0.1) is 10.1 Å². The van der Waals surface area contributed by atoms with E-state index in [-0.39, 0.29) is 17.5 Å². The molecule has 0 saturated heterocycles. The minimum Gasteiger partial charge on any atom is -0.481 e. The lowest BCUT2D eigenvalue weighted by Gasteiger charge is -2.22. The molecule has 1 N–H and O–H groups in total. The largest absolute Gasteiger partial charge is 0.481 e. The van der Waals surface area contributed by atoms with Gasteiger partial charge in [0.25, 0.3) is 17.5 Å². The predicted octanol–water partition coefficient (Wildman–Crippen LogP) is 4.16. The molecular weight excluding hydrogens is 410 g/mol. The van der Waals surface area contributed by atoms with Crippen LogP contribution in [0.25, 0.3) is 0 Å². The summed E-state index contributed by atoms with van der Waals surface area (Å²) in [6.45, 7) is 2.51. The molecule has 2 amide bonds. The van der Waals surface area contributed by atoms with Crippen molar-refractivity contribution in [1.29, 1.82) is 0 Å². The van der Waals surface area contributed by atoms with Crippen molar-refractivity contribution in [3.05, 3.63) is 99.6 Å². The van der Waals surface area contributed by atoms with Gasteiger partial charge in [-0.15, -0.1) is 0 Å². The number of ether oxygens (including phenoxy) is 1. The predicted molar refractivity (Wildman–Crippen MR) is 118 cm³/mol. The second-order valence-electron chi connectivity index (χ2n) is 7.52. The smallest absolute Gasteiger partial charge is 0.269 e. The van der Waals surface area contributed by atoms with Gasteiger partial charge in [0.05, 0.1) is 4.92 Å². The topological polar surface area (TPSA) is 102 Å². The minimum absolute atomic E-state index is 0.0824. The van der Waals surface area contributed by atoms with Crippen LogP contribution >= 0.6 is 0 Å². The zero-order valence-electron chi connectivity index (χ0n) is 17.4. The molecule has 0 radical (unpaired) electrons. The average molecular weight is 431 g/mol. The lowest BCUT2D eigenvalue weighted by molar-refractivity contribution is -0.384. The molecule has 0 aromatic heterocycles. The molecule has 3 aromatic carbocycles. The number of non-ortho nitro benzene ring substituents is 1. The average Bonchev–Trinajstić information content (AvgIpc) is 2.91. The Morgan fingerprint density at radius 3 is 2.53 bits per heavy atom. The number of nitrogens with zero attached hydrogens (tertiary/aromatic N) is 2. The summed E-state index contributed by atoms with van der Waals surface area (Å²) in [7, 11) is 0. The van der Waals surface area contributed by atoms with Crippen molar-refractivity contribution in [3.63, 3.8) is 0 Å². The molecule has 0 saturated carbocycles. The monoisotopic (exact) mass is 431 g/mol. The highest BCUT2D eigenvalue weighted by Crippen LogP contribution is 2.29. The van der Waals surface area contributed by atoms with Crippen molar-refractivity contribution in [2.45, 2.75) is 26.1 Å². The molecule has 0 aliphatic carbocycles. The first-order chi connectivity index (χ1) is 15.4. The lowest BCUT2D eigenvalue weighted by atomic mass is 10.1. The second-order valence-corrected chi connectivity index (χ2v) is 7.52. The first-order valence-electron chi connectivity index (χ1n) is 10.1. The van der Waals surface area contributed by atoms with Gasteiger partial charge in [0.15, 0.2) is 6.10 Å². The first kappa shape index (κ1) is 21.0. The molecule has 0 fully saturated rings. The van der Waals surface area contributed by atoms with Crippen LogP contribution in [-0.4, -0.2) is 27.7 Å². The van der Waals surface area contributed by atoms with Gasteiger partial charge in [-0.25, -0.2) is 0 Å². The fourth-order valence-corrected chi connectivity index (χ4v) is 3.55. The molecule has 3 aromatic rings. The van der Waals surface area contributed by atoms with Gasteiger partial charge in [-0.05, 0) is 42.8 Å². The number of nitro benzene ring substituents is 1. The second kappa shape index (κ2) is 8.89. The van der Waals surface area contributed by atoms with Crippen molar-refractivity contribution < 1.29 is 19.2 Å². The van der Waals surface area contributed by atoms with Crippen LogP contribution in [0.1, 0.15) is 28.4 Å². The van der Waals surface area contributed by atoms with Gasteiger partial charge < -0.3 is 15.0 Å². The van der Waals surface area contributed by atoms with E-state index in [1.165, 1.54) is 24.3 Å².